The van der Waals surface area contributed by atoms with Gasteiger partial charge < -0.3 is 15.6 Å². The lowest BCUT2D eigenvalue weighted by Crippen LogP contribution is -2.52. The normalized spacial score (nSPS) is 24.6. The zero-order valence-corrected chi connectivity index (χ0v) is 15.1. The molecule has 0 amide bonds. The van der Waals surface area contributed by atoms with Crippen LogP contribution in [0.3, 0.4) is 0 Å². The fraction of sp³-hybridized carbons (Fsp3) is 0.421. The van der Waals surface area contributed by atoms with Crippen molar-refractivity contribution >= 4 is 11.5 Å². The van der Waals surface area contributed by atoms with E-state index in [1.807, 2.05) is 0 Å². The lowest BCUT2D eigenvalue weighted by atomic mass is 9.74. The van der Waals surface area contributed by atoms with Crippen LogP contribution in [0.1, 0.15) is 24.5 Å². The van der Waals surface area contributed by atoms with E-state index in [0.29, 0.717) is 11.1 Å². The fourth-order valence-corrected chi connectivity index (χ4v) is 3.51. The van der Waals surface area contributed by atoms with Gasteiger partial charge in [0.1, 0.15) is 5.57 Å². The Hall–Kier alpha value is -2.19. The van der Waals surface area contributed by atoms with Crippen LogP contribution < -0.4 is 5.73 Å². The monoisotopic (exact) mass is 387 g/mol. The summed E-state index contributed by atoms with van der Waals surface area (Å²) in [5.41, 5.74) is 5.32. The minimum atomic E-state index is -5.03. The number of rotatable bonds is 5. The number of aryl methyl sites for hydroxylation is 1. The molecule has 2 rings (SSSR count). The van der Waals surface area contributed by atoms with E-state index in [1.165, 1.54) is 13.0 Å². The molecule has 0 saturated carbocycles. The number of hydrogen-bond donors (Lipinski definition) is 2. The molecule has 1 aromatic carbocycles. The van der Waals surface area contributed by atoms with Crippen molar-refractivity contribution < 1.29 is 32.2 Å². The number of allylic oxidation sites excluding steroid dienone is 2. The molecule has 0 radical (unpaired) electrons. The Balaban J connectivity index is 2.77. The van der Waals surface area contributed by atoms with E-state index in [-0.39, 0.29) is 11.1 Å². The second-order valence-corrected chi connectivity index (χ2v) is 6.53. The Labute approximate surface area is 154 Å². The van der Waals surface area contributed by atoms with E-state index in [4.69, 9.17) is 10.8 Å². The molecule has 3 unspecified atom stereocenters. The van der Waals surface area contributed by atoms with Crippen molar-refractivity contribution in [1.82, 2.24) is 0 Å². The maximum atomic E-state index is 15.5. The van der Waals surface area contributed by atoms with Gasteiger partial charge in [-0.05, 0) is 36.1 Å². The van der Waals surface area contributed by atoms with Crippen molar-refractivity contribution in [3.8, 4) is 0 Å². The van der Waals surface area contributed by atoms with Crippen LogP contribution in [0.15, 0.2) is 41.5 Å². The number of halogens is 4. The standard InChI is InChI=1S/C19H21F4NO3/c1-10-6-4-5-7-12(10)13-8-14(15(24)9-16(25)26)18(20,27-3)17(11(13)2)19(21,22)23/h4-8,14-15H,9,24H2,1-3H3,(H,25,26). The molecule has 0 aromatic heterocycles. The molecule has 0 saturated heterocycles. The third-order valence-electron chi connectivity index (χ3n) is 4.78. The Morgan fingerprint density at radius 2 is 1.93 bits per heavy atom. The number of ether oxygens (including phenoxy) is 1. The van der Waals surface area contributed by atoms with E-state index in [2.05, 4.69) is 4.74 Å². The first-order valence-electron chi connectivity index (χ1n) is 8.21. The largest absolute Gasteiger partial charge is 0.481 e. The van der Waals surface area contributed by atoms with E-state index in [1.54, 1.807) is 31.2 Å². The Morgan fingerprint density at radius 3 is 2.41 bits per heavy atom. The van der Waals surface area contributed by atoms with Crippen LogP contribution in [0.2, 0.25) is 0 Å². The average Bonchev–Trinajstić information content (AvgIpc) is 2.54. The van der Waals surface area contributed by atoms with Gasteiger partial charge in [-0.1, -0.05) is 30.3 Å². The molecule has 1 aliphatic rings. The predicted molar refractivity (Wildman–Crippen MR) is 92.5 cm³/mol. The lowest BCUT2D eigenvalue weighted by molar-refractivity contribution is -0.186. The summed E-state index contributed by atoms with van der Waals surface area (Å²) in [4.78, 5) is 11.0. The van der Waals surface area contributed by atoms with Crippen LogP contribution in [0, 0.1) is 12.8 Å². The van der Waals surface area contributed by atoms with Gasteiger partial charge in [0.2, 0.25) is 5.85 Å². The smallest absolute Gasteiger partial charge is 0.418 e. The first kappa shape index (κ1) is 21.1. The molecule has 0 spiro atoms. The molecule has 3 N–H and O–H groups in total. The topological polar surface area (TPSA) is 72.5 Å². The molecule has 1 aliphatic carbocycles. The maximum absolute atomic E-state index is 15.5. The minimum absolute atomic E-state index is 0.164. The van der Waals surface area contributed by atoms with E-state index < -0.39 is 42.0 Å². The number of carbonyl (C=O) groups is 1. The number of carboxylic acids is 1. The summed E-state index contributed by atoms with van der Waals surface area (Å²) in [6.45, 7) is 2.89. The van der Waals surface area contributed by atoms with Gasteiger partial charge in [0, 0.05) is 13.2 Å². The van der Waals surface area contributed by atoms with Crippen LogP contribution in [0.4, 0.5) is 17.6 Å². The van der Waals surface area contributed by atoms with Crippen LogP contribution in [0.5, 0.6) is 0 Å². The van der Waals surface area contributed by atoms with Gasteiger partial charge >= 0.3 is 12.1 Å². The number of carboxylic acid groups (broad SMARTS) is 1. The molecule has 27 heavy (non-hydrogen) atoms. The van der Waals surface area contributed by atoms with Gasteiger partial charge in [-0.3, -0.25) is 4.79 Å². The Bertz CT molecular complexity index is 800. The van der Waals surface area contributed by atoms with E-state index >= 15 is 4.39 Å². The van der Waals surface area contributed by atoms with Crippen LogP contribution in [-0.4, -0.2) is 36.3 Å². The number of hydrogen-bond acceptors (Lipinski definition) is 3. The Morgan fingerprint density at radius 1 is 1.33 bits per heavy atom. The second kappa shape index (κ2) is 7.44. The number of methoxy groups -OCH3 is 1. The zero-order chi connectivity index (χ0) is 20.6. The SMILES string of the molecule is COC1(F)C(C(F)(F)F)=C(C)C(c2ccccc2C)=CC1C(N)CC(=O)O. The lowest BCUT2D eigenvalue weighted by Gasteiger charge is -2.41. The van der Waals surface area contributed by atoms with Gasteiger partial charge in [0.25, 0.3) is 0 Å². The van der Waals surface area contributed by atoms with Crippen molar-refractivity contribution in [2.45, 2.75) is 38.3 Å². The summed E-state index contributed by atoms with van der Waals surface area (Å²) >= 11 is 0. The van der Waals surface area contributed by atoms with Crippen molar-refractivity contribution in [2.75, 3.05) is 7.11 Å². The van der Waals surface area contributed by atoms with Crippen molar-refractivity contribution in [1.29, 1.82) is 0 Å². The molecule has 8 heteroatoms. The summed E-state index contributed by atoms with van der Waals surface area (Å²) in [5, 5.41) is 8.96. The molecular formula is C19H21F4NO3. The molecular weight excluding hydrogens is 366 g/mol. The summed E-state index contributed by atoms with van der Waals surface area (Å²) in [6, 6.07) is 5.31. The predicted octanol–water partition coefficient (Wildman–Crippen LogP) is 4.00. The summed E-state index contributed by atoms with van der Waals surface area (Å²) in [7, 11) is 0.812. The number of nitrogens with two attached hydrogens (primary N) is 1. The first-order chi connectivity index (χ1) is 12.4. The molecule has 148 valence electrons. The van der Waals surface area contributed by atoms with Gasteiger partial charge in [0.15, 0.2) is 0 Å². The van der Waals surface area contributed by atoms with E-state index in [9.17, 15) is 18.0 Å². The second-order valence-electron chi connectivity index (χ2n) is 6.53. The first-order valence-corrected chi connectivity index (χ1v) is 8.21. The zero-order valence-electron chi connectivity index (χ0n) is 15.1. The quantitative estimate of drug-likeness (QED) is 0.749. The van der Waals surface area contributed by atoms with Crippen molar-refractivity contribution in [3.63, 3.8) is 0 Å². The highest BCUT2D eigenvalue weighted by Crippen LogP contribution is 2.51. The van der Waals surface area contributed by atoms with Crippen LogP contribution in [0.25, 0.3) is 5.57 Å². The minimum Gasteiger partial charge on any atom is -0.481 e. The number of benzene rings is 1. The third-order valence-corrected chi connectivity index (χ3v) is 4.78. The van der Waals surface area contributed by atoms with Crippen molar-refractivity contribution in [2.24, 2.45) is 11.7 Å². The highest BCUT2D eigenvalue weighted by Gasteiger charge is 2.58. The molecule has 0 aliphatic heterocycles. The highest BCUT2D eigenvalue weighted by molar-refractivity contribution is 5.83. The summed E-state index contributed by atoms with van der Waals surface area (Å²) < 4.78 is 61.6. The number of alkyl halides is 4. The van der Waals surface area contributed by atoms with E-state index in [0.717, 1.165) is 7.11 Å². The fourth-order valence-electron chi connectivity index (χ4n) is 3.51. The van der Waals surface area contributed by atoms with Crippen LogP contribution >= 0.6 is 0 Å². The summed E-state index contributed by atoms with van der Waals surface area (Å²) in [6.07, 6.45) is -4.48. The molecule has 1 aromatic rings. The Kier molecular flexibility index (Phi) is 5.82. The van der Waals surface area contributed by atoms with Crippen molar-refractivity contribution in [3.05, 3.63) is 52.6 Å². The van der Waals surface area contributed by atoms with Gasteiger partial charge in [0.05, 0.1) is 12.3 Å². The van der Waals surface area contributed by atoms with Crippen LogP contribution in [-0.2, 0) is 9.53 Å². The van der Waals surface area contributed by atoms with Gasteiger partial charge in [-0.15, -0.1) is 0 Å². The number of aliphatic carboxylic acids is 1. The molecule has 4 nitrogen and oxygen atoms in total. The third kappa shape index (κ3) is 3.91. The summed E-state index contributed by atoms with van der Waals surface area (Å²) in [5.74, 6) is -6.26. The molecule has 0 bridgehead atoms. The highest BCUT2D eigenvalue weighted by atomic mass is 19.4. The molecule has 3 atom stereocenters. The average molecular weight is 387 g/mol. The maximum Gasteiger partial charge on any atom is 0.418 e. The molecule has 0 heterocycles. The molecule has 0 fully saturated rings. The van der Waals surface area contributed by atoms with Gasteiger partial charge in [-0.25, -0.2) is 4.39 Å². The van der Waals surface area contributed by atoms with Gasteiger partial charge in [-0.2, -0.15) is 13.2 Å².